The molecule has 0 aliphatic carbocycles. The molecule has 0 spiro atoms. The Kier molecular flexibility index (Phi) is 10.8. The molecule has 7 heteroatoms. The van der Waals surface area contributed by atoms with Crippen molar-refractivity contribution in [3.63, 3.8) is 0 Å². The van der Waals surface area contributed by atoms with E-state index in [1.54, 1.807) is 18.2 Å². The van der Waals surface area contributed by atoms with E-state index in [2.05, 4.69) is 0 Å². The second-order valence-corrected chi connectivity index (χ2v) is 5.57. The first-order chi connectivity index (χ1) is 12.0. The maximum atomic E-state index is 12.6. The molecule has 2 aromatic rings. The molecule has 140 valence electrons. The van der Waals surface area contributed by atoms with E-state index in [-0.39, 0.29) is 40.8 Å². The molecule has 1 N–H and O–H groups in total. The molecular formula is C20H24NNaO5. The molecule has 0 radical (unpaired) electrons. The van der Waals surface area contributed by atoms with Crippen LogP contribution in [0.4, 0.5) is 5.69 Å². The Bertz CT molecular complexity index is 773. The number of anilines is 1. The number of nitrogens with zero attached hydrogens (tertiary/aromatic N) is 1. The number of benzene rings is 2. The zero-order valence-electron chi connectivity index (χ0n) is 16.6. The van der Waals surface area contributed by atoms with Gasteiger partial charge in [-0.25, -0.2) is 0 Å². The van der Waals surface area contributed by atoms with Crippen LogP contribution in [0.1, 0.15) is 15.9 Å². The van der Waals surface area contributed by atoms with Gasteiger partial charge in [-0.05, 0) is 35.9 Å². The van der Waals surface area contributed by atoms with Crippen molar-refractivity contribution >= 4 is 17.5 Å². The molecule has 0 aromatic heterocycles. The molecule has 2 rings (SSSR count). The molecule has 0 amide bonds. The standard InChI is InChI=1S/C20H23NO4.Na.H2O/c1-21(2)15-9-6-14(7-10-15)8-12-17(22)16-11-13-18(23-3)20(25-5)19(16)24-4;;/h6-13H,1-5H3;;1H2/q;+1;/p-1. The number of rotatable bonds is 7. The first-order valence-corrected chi connectivity index (χ1v) is 7.80. The van der Waals surface area contributed by atoms with E-state index >= 15 is 0 Å². The molecule has 0 saturated carbocycles. The third kappa shape index (κ3) is 6.01. The summed E-state index contributed by atoms with van der Waals surface area (Å²) < 4.78 is 15.9. The monoisotopic (exact) mass is 381 g/mol. The Morgan fingerprint density at radius 1 is 0.889 bits per heavy atom. The summed E-state index contributed by atoms with van der Waals surface area (Å²) in [6, 6.07) is 11.3. The second-order valence-electron chi connectivity index (χ2n) is 5.57. The van der Waals surface area contributed by atoms with E-state index in [4.69, 9.17) is 14.2 Å². The molecule has 0 aliphatic heterocycles. The third-order valence-electron chi connectivity index (χ3n) is 3.81. The molecule has 0 aliphatic rings. The summed E-state index contributed by atoms with van der Waals surface area (Å²) in [5.41, 5.74) is 2.46. The van der Waals surface area contributed by atoms with Gasteiger partial charge in [-0.15, -0.1) is 0 Å². The fraction of sp³-hybridized carbons (Fsp3) is 0.250. The molecule has 6 nitrogen and oxygen atoms in total. The van der Waals surface area contributed by atoms with Gasteiger partial charge in [0, 0.05) is 19.8 Å². The number of hydrogen-bond donors (Lipinski definition) is 0. The Hall–Kier alpha value is -1.99. The Balaban J connectivity index is 0.00000338. The van der Waals surface area contributed by atoms with Gasteiger partial charge in [-0.1, -0.05) is 18.2 Å². The SMILES string of the molecule is COc1ccc(C(=O)C=Cc2ccc(N(C)C)cc2)c(OC)c1OC.[Na+].[OH-]. The maximum Gasteiger partial charge on any atom is 1.00 e. The molecule has 0 unspecified atom stereocenters. The fourth-order valence-corrected chi connectivity index (χ4v) is 2.44. The smallest absolute Gasteiger partial charge is 0.870 e. The average molecular weight is 381 g/mol. The normalized spacial score (nSPS) is 9.81. The van der Waals surface area contributed by atoms with Crippen molar-refractivity contribution in [2.75, 3.05) is 40.3 Å². The molecule has 0 atom stereocenters. The minimum absolute atomic E-state index is 0. The van der Waals surface area contributed by atoms with Crippen molar-refractivity contribution in [1.29, 1.82) is 0 Å². The van der Waals surface area contributed by atoms with Gasteiger partial charge >= 0.3 is 29.6 Å². The van der Waals surface area contributed by atoms with Crippen molar-refractivity contribution < 1.29 is 54.0 Å². The van der Waals surface area contributed by atoms with Gasteiger partial charge in [0.05, 0.1) is 26.9 Å². The topological polar surface area (TPSA) is 78.0 Å². The van der Waals surface area contributed by atoms with Gasteiger partial charge in [-0.3, -0.25) is 4.79 Å². The molecule has 0 heterocycles. The zero-order chi connectivity index (χ0) is 18.4. The number of allylic oxidation sites excluding steroid dienone is 1. The van der Waals surface area contributed by atoms with Crippen molar-refractivity contribution in [1.82, 2.24) is 0 Å². The van der Waals surface area contributed by atoms with Crippen LogP contribution in [0.2, 0.25) is 0 Å². The summed E-state index contributed by atoms with van der Waals surface area (Å²) in [4.78, 5) is 14.6. The second kappa shape index (κ2) is 11.7. The number of ether oxygens (including phenoxy) is 3. The minimum atomic E-state index is -0.172. The summed E-state index contributed by atoms with van der Waals surface area (Å²) in [6.45, 7) is 0. The number of ketones is 1. The molecule has 27 heavy (non-hydrogen) atoms. The number of carbonyl (C=O) groups is 1. The van der Waals surface area contributed by atoms with Crippen LogP contribution in [0.3, 0.4) is 0 Å². The van der Waals surface area contributed by atoms with Gasteiger partial charge in [0.2, 0.25) is 5.75 Å². The van der Waals surface area contributed by atoms with E-state index in [0.717, 1.165) is 11.3 Å². The van der Waals surface area contributed by atoms with Crippen LogP contribution < -0.4 is 48.7 Å². The van der Waals surface area contributed by atoms with Gasteiger partial charge < -0.3 is 24.6 Å². The van der Waals surface area contributed by atoms with Crippen molar-refractivity contribution in [2.24, 2.45) is 0 Å². The molecule has 0 bridgehead atoms. The van der Waals surface area contributed by atoms with Crippen molar-refractivity contribution in [3.8, 4) is 17.2 Å². The number of methoxy groups -OCH3 is 3. The summed E-state index contributed by atoms with van der Waals surface area (Å²) >= 11 is 0. The van der Waals surface area contributed by atoms with Crippen molar-refractivity contribution in [3.05, 3.63) is 53.6 Å². The van der Waals surface area contributed by atoms with Crippen LogP contribution in [-0.2, 0) is 0 Å². The van der Waals surface area contributed by atoms with Crippen LogP contribution >= 0.6 is 0 Å². The Morgan fingerprint density at radius 3 is 1.96 bits per heavy atom. The van der Waals surface area contributed by atoms with E-state index in [1.165, 1.54) is 27.4 Å². The number of hydrogen-bond acceptors (Lipinski definition) is 6. The molecular weight excluding hydrogens is 357 g/mol. The van der Waals surface area contributed by atoms with Crippen molar-refractivity contribution in [2.45, 2.75) is 0 Å². The van der Waals surface area contributed by atoms with E-state index in [1.807, 2.05) is 43.3 Å². The van der Waals surface area contributed by atoms with E-state index in [9.17, 15) is 4.79 Å². The predicted molar refractivity (Wildman–Crippen MR) is 102 cm³/mol. The van der Waals surface area contributed by atoms with E-state index in [0.29, 0.717) is 22.8 Å². The van der Waals surface area contributed by atoms with Crippen LogP contribution in [0.25, 0.3) is 6.08 Å². The van der Waals surface area contributed by atoms with Crippen LogP contribution in [0.15, 0.2) is 42.5 Å². The van der Waals surface area contributed by atoms with Gasteiger partial charge in [-0.2, -0.15) is 0 Å². The first-order valence-electron chi connectivity index (χ1n) is 7.80. The van der Waals surface area contributed by atoms with Crippen LogP contribution in [0, 0.1) is 0 Å². The summed E-state index contributed by atoms with van der Waals surface area (Å²) in [6.07, 6.45) is 3.30. The molecule has 0 fully saturated rings. The average Bonchev–Trinajstić information content (AvgIpc) is 2.64. The van der Waals surface area contributed by atoms with Gasteiger partial charge in [0.25, 0.3) is 0 Å². The molecule has 2 aromatic carbocycles. The summed E-state index contributed by atoms with van der Waals surface area (Å²) in [5, 5.41) is 0. The zero-order valence-corrected chi connectivity index (χ0v) is 18.6. The first kappa shape index (κ1) is 25.0. The predicted octanol–water partition coefficient (Wildman–Crippen LogP) is 0.502. The quantitative estimate of drug-likeness (QED) is 0.395. The summed E-state index contributed by atoms with van der Waals surface area (Å²) in [7, 11) is 8.51. The van der Waals surface area contributed by atoms with Crippen LogP contribution in [0.5, 0.6) is 17.2 Å². The van der Waals surface area contributed by atoms with Gasteiger partial charge in [0.1, 0.15) is 0 Å². The largest absolute Gasteiger partial charge is 1.00 e. The van der Waals surface area contributed by atoms with Gasteiger partial charge in [0.15, 0.2) is 17.3 Å². The molecule has 0 saturated heterocycles. The Morgan fingerprint density at radius 2 is 1.48 bits per heavy atom. The maximum absolute atomic E-state index is 12.6. The Labute approximate surface area is 182 Å². The van der Waals surface area contributed by atoms with Crippen LogP contribution in [-0.4, -0.2) is 46.7 Å². The minimum Gasteiger partial charge on any atom is -0.870 e. The fourth-order valence-electron chi connectivity index (χ4n) is 2.44. The summed E-state index contributed by atoms with van der Waals surface area (Å²) in [5.74, 6) is 1.10. The number of carbonyl (C=O) groups excluding carboxylic acids is 1. The van der Waals surface area contributed by atoms with E-state index < -0.39 is 0 Å². The third-order valence-corrected chi connectivity index (χ3v) is 3.81.